The van der Waals surface area contributed by atoms with Gasteiger partial charge in [0.1, 0.15) is 16.5 Å². The molecule has 1 atom stereocenters. The Morgan fingerprint density at radius 2 is 2.09 bits per heavy atom. The summed E-state index contributed by atoms with van der Waals surface area (Å²) in [4.78, 5) is 11.4. The second-order valence-electron chi connectivity index (χ2n) is 5.04. The highest BCUT2D eigenvalue weighted by atomic mass is 32.2. The molecule has 23 heavy (non-hydrogen) atoms. The van der Waals surface area contributed by atoms with E-state index in [1.807, 2.05) is 0 Å². The smallest absolute Gasteiger partial charge is 0.244 e. The number of halogens is 1. The number of benzene rings is 1. The highest BCUT2D eigenvalue weighted by Gasteiger charge is 2.16. The molecule has 7 heteroatoms. The molecule has 2 aromatic rings. The minimum absolute atomic E-state index is 0.363. The lowest BCUT2D eigenvalue weighted by molar-refractivity contribution is -0.117. The molecule has 0 saturated carbocycles. The van der Waals surface area contributed by atoms with Crippen molar-refractivity contribution < 1.29 is 22.0 Å². The molecule has 0 aliphatic rings. The number of carbonyl (C=O) groups is 1. The van der Waals surface area contributed by atoms with Crippen molar-refractivity contribution in [3.63, 3.8) is 0 Å². The van der Waals surface area contributed by atoms with E-state index in [4.69, 9.17) is 4.42 Å². The van der Waals surface area contributed by atoms with Gasteiger partial charge >= 0.3 is 0 Å². The molecular weight excluding hydrogens is 321 g/mol. The fourth-order valence-corrected chi connectivity index (χ4v) is 2.70. The van der Waals surface area contributed by atoms with Gasteiger partial charge in [-0.05, 0) is 42.8 Å². The fraction of sp³-hybridized carbons (Fsp3) is 0.188. The Bertz CT molecular complexity index is 826. The summed E-state index contributed by atoms with van der Waals surface area (Å²) in [5, 5.41) is 2.66. The zero-order chi connectivity index (χ0) is 17.0. The number of carbonyl (C=O) groups excluding carboxylic acids is 1. The predicted molar refractivity (Wildman–Crippen MR) is 83.8 cm³/mol. The van der Waals surface area contributed by atoms with E-state index in [1.165, 1.54) is 30.5 Å². The molecule has 0 unspecified atom stereocenters. The first kappa shape index (κ1) is 17.0. The Morgan fingerprint density at radius 3 is 2.65 bits per heavy atom. The maximum absolute atomic E-state index is 13.9. The molecule has 1 aromatic carbocycles. The zero-order valence-electron chi connectivity index (χ0n) is 12.6. The van der Waals surface area contributed by atoms with E-state index in [0.717, 1.165) is 12.3 Å². The lowest BCUT2D eigenvalue weighted by Gasteiger charge is -2.14. The van der Waals surface area contributed by atoms with Gasteiger partial charge in [0, 0.05) is 12.3 Å². The SMILES string of the molecule is C[C@H](NC(=O)/C=C\c1ccco1)c1ccc(S(C)(=O)=O)c(F)c1. The van der Waals surface area contributed by atoms with Crippen LogP contribution in [0.1, 0.15) is 24.3 Å². The Kier molecular flexibility index (Phi) is 5.00. The average molecular weight is 337 g/mol. The third-order valence-corrected chi connectivity index (χ3v) is 4.29. The molecule has 5 nitrogen and oxygen atoms in total. The average Bonchev–Trinajstić information content (AvgIpc) is 2.96. The third kappa shape index (κ3) is 4.53. The Labute approximate surface area is 133 Å². The Morgan fingerprint density at radius 1 is 1.35 bits per heavy atom. The quantitative estimate of drug-likeness (QED) is 0.851. The molecule has 0 spiro atoms. The minimum atomic E-state index is -3.62. The van der Waals surface area contributed by atoms with Gasteiger partial charge in [-0.1, -0.05) is 6.07 Å². The van der Waals surface area contributed by atoms with Crippen LogP contribution in [0.15, 0.2) is 52.0 Å². The van der Waals surface area contributed by atoms with Gasteiger partial charge in [-0.15, -0.1) is 0 Å². The maximum atomic E-state index is 13.9. The van der Waals surface area contributed by atoms with Crippen LogP contribution in [0.25, 0.3) is 6.08 Å². The summed E-state index contributed by atoms with van der Waals surface area (Å²) >= 11 is 0. The summed E-state index contributed by atoms with van der Waals surface area (Å²) in [5.41, 5.74) is 0.467. The molecule has 1 heterocycles. The summed E-state index contributed by atoms with van der Waals surface area (Å²) in [5.74, 6) is -0.671. The van der Waals surface area contributed by atoms with Gasteiger partial charge in [0.2, 0.25) is 5.91 Å². The summed E-state index contributed by atoms with van der Waals surface area (Å²) in [6, 6.07) is 6.70. The number of amides is 1. The van der Waals surface area contributed by atoms with Gasteiger partial charge in [-0.25, -0.2) is 12.8 Å². The van der Waals surface area contributed by atoms with Crippen molar-refractivity contribution in [2.24, 2.45) is 0 Å². The predicted octanol–water partition coefficient (Wildman–Crippen LogP) is 2.71. The van der Waals surface area contributed by atoms with Gasteiger partial charge in [-0.3, -0.25) is 4.79 Å². The normalized spacial score (nSPS) is 13.2. The largest absolute Gasteiger partial charge is 0.465 e. The first-order valence-electron chi connectivity index (χ1n) is 6.79. The van der Waals surface area contributed by atoms with Crippen LogP contribution in [-0.2, 0) is 14.6 Å². The van der Waals surface area contributed by atoms with E-state index in [-0.39, 0.29) is 10.8 Å². The molecule has 0 radical (unpaired) electrons. The van der Waals surface area contributed by atoms with Crippen molar-refractivity contribution >= 4 is 21.8 Å². The number of rotatable bonds is 5. The zero-order valence-corrected chi connectivity index (χ0v) is 13.4. The lowest BCUT2D eigenvalue weighted by atomic mass is 10.1. The van der Waals surface area contributed by atoms with Crippen LogP contribution in [-0.4, -0.2) is 20.6 Å². The molecule has 0 bridgehead atoms. The highest BCUT2D eigenvalue weighted by Crippen LogP contribution is 2.20. The van der Waals surface area contributed by atoms with Crippen LogP contribution >= 0.6 is 0 Å². The standard InChI is InChI=1S/C16H16FNO4S/c1-11(18-16(19)8-6-13-4-3-9-22-13)12-5-7-15(14(17)10-12)23(2,20)21/h3-11H,1-2H3,(H,18,19)/b8-6-/t11-/m0/s1. The summed E-state index contributed by atoms with van der Waals surface area (Å²) in [6.07, 6.45) is 5.24. The van der Waals surface area contributed by atoms with Crippen molar-refractivity contribution in [2.45, 2.75) is 17.9 Å². The van der Waals surface area contributed by atoms with Crippen molar-refractivity contribution in [1.82, 2.24) is 5.32 Å². The van der Waals surface area contributed by atoms with Crippen molar-refractivity contribution in [2.75, 3.05) is 6.26 Å². The molecule has 0 aliphatic heterocycles. The summed E-state index contributed by atoms with van der Waals surface area (Å²) < 4.78 is 41.7. The van der Waals surface area contributed by atoms with E-state index in [0.29, 0.717) is 11.3 Å². The Balaban J connectivity index is 2.07. The van der Waals surface area contributed by atoms with E-state index >= 15 is 0 Å². The minimum Gasteiger partial charge on any atom is -0.465 e. The van der Waals surface area contributed by atoms with Gasteiger partial charge < -0.3 is 9.73 Å². The second kappa shape index (κ2) is 6.78. The van der Waals surface area contributed by atoms with Gasteiger partial charge in [0.05, 0.1) is 12.3 Å². The number of nitrogens with one attached hydrogen (secondary N) is 1. The lowest BCUT2D eigenvalue weighted by Crippen LogP contribution is -2.24. The number of furan rings is 1. The van der Waals surface area contributed by atoms with Gasteiger partial charge in [0.15, 0.2) is 9.84 Å². The van der Waals surface area contributed by atoms with E-state index in [9.17, 15) is 17.6 Å². The van der Waals surface area contributed by atoms with Crippen LogP contribution in [0.4, 0.5) is 4.39 Å². The maximum Gasteiger partial charge on any atom is 0.244 e. The number of hydrogen-bond acceptors (Lipinski definition) is 4. The van der Waals surface area contributed by atoms with Crippen molar-refractivity contribution in [1.29, 1.82) is 0 Å². The molecule has 0 aliphatic carbocycles. The molecule has 1 amide bonds. The topological polar surface area (TPSA) is 76.4 Å². The molecule has 0 fully saturated rings. The number of hydrogen-bond donors (Lipinski definition) is 1. The van der Waals surface area contributed by atoms with Crippen LogP contribution in [0.5, 0.6) is 0 Å². The van der Waals surface area contributed by atoms with Crippen LogP contribution in [0.3, 0.4) is 0 Å². The molecule has 0 saturated heterocycles. The highest BCUT2D eigenvalue weighted by molar-refractivity contribution is 7.90. The molecule has 1 N–H and O–H groups in total. The van der Waals surface area contributed by atoms with Crippen LogP contribution < -0.4 is 5.32 Å². The third-order valence-electron chi connectivity index (χ3n) is 3.16. The molecule has 122 valence electrons. The van der Waals surface area contributed by atoms with Crippen molar-refractivity contribution in [3.05, 3.63) is 59.8 Å². The van der Waals surface area contributed by atoms with Crippen LogP contribution in [0, 0.1) is 5.82 Å². The summed E-state index contributed by atoms with van der Waals surface area (Å²) in [7, 11) is -3.62. The van der Waals surface area contributed by atoms with E-state index in [1.54, 1.807) is 19.1 Å². The first-order valence-corrected chi connectivity index (χ1v) is 8.68. The summed E-state index contributed by atoms with van der Waals surface area (Å²) in [6.45, 7) is 1.67. The number of sulfone groups is 1. The monoisotopic (exact) mass is 337 g/mol. The van der Waals surface area contributed by atoms with Crippen molar-refractivity contribution in [3.8, 4) is 0 Å². The second-order valence-corrected chi connectivity index (χ2v) is 7.03. The van der Waals surface area contributed by atoms with E-state index in [2.05, 4.69) is 5.32 Å². The first-order chi connectivity index (χ1) is 10.8. The van der Waals surface area contributed by atoms with Gasteiger partial charge in [0.25, 0.3) is 0 Å². The molecule has 1 aromatic heterocycles. The van der Waals surface area contributed by atoms with Crippen LogP contribution in [0.2, 0.25) is 0 Å². The fourth-order valence-electron chi connectivity index (χ4n) is 1.98. The molecule has 2 rings (SSSR count). The Hall–Kier alpha value is -2.41. The van der Waals surface area contributed by atoms with E-state index < -0.39 is 21.7 Å². The van der Waals surface area contributed by atoms with Gasteiger partial charge in [-0.2, -0.15) is 0 Å². The molecular formula is C16H16FNO4S.